The molecule has 17 heavy (non-hydrogen) atoms. The highest BCUT2D eigenvalue weighted by Gasteiger charge is 2.20. The van der Waals surface area contributed by atoms with Gasteiger partial charge in [0.1, 0.15) is 0 Å². The summed E-state index contributed by atoms with van der Waals surface area (Å²) < 4.78 is 1.03. The first-order valence-corrected chi connectivity index (χ1v) is 7.31. The Kier molecular flexibility index (Phi) is 4.71. The number of nitrogens with zero attached hydrogens (tertiary/aromatic N) is 1. The van der Waals surface area contributed by atoms with Crippen LogP contribution in [0.5, 0.6) is 0 Å². The maximum absolute atomic E-state index is 6.30. The summed E-state index contributed by atoms with van der Waals surface area (Å²) in [6.07, 6.45) is 2.49. The van der Waals surface area contributed by atoms with Crippen molar-refractivity contribution in [3.8, 4) is 0 Å². The number of benzene rings is 1. The molecule has 0 radical (unpaired) electrons. The molecule has 1 atom stereocenters. The molecule has 0 amide bonds. The highest BCUT2D eigenvalue weighted by atomic mass is 79.9. The Morgan fingerprint density at radius 1 is 1.53 bits per heavy atom. The van der Waals surface area contributed by atoms with Crippen molar-refractivity contribution in [2.45, 2.75) is 25.8 Å². The van der Waals surface area contributed by atoms with Crippen LogP contribution in [0.4, 0.5) is 5.69 Å². The summed E-state index contributed by atoms with van der Waals surface area (Å²) in [5, 5.41) is 4.35. The second-order valence-electron chi connectivity index (χ2n) is 4.44. The SMILES string of the molecule is CCNC1CCCN(c2ccc(Br)cc2Cl)C1. The molecule has 94 valence electrons. The molecule has 1 aromatic rings. The predicted octanol–water partition coefficient (Wildman–Crippen LogP) is 3.68. The van der Waals surface area contributed by atoms with Gasteiger partial charge in [0, 0.05) is 23.6 Å². The first-order valence-electron chi connectivity index (χ1n) is 6.14. The molecule has 4 heteroatoms. The van der Waals surface area contributed by atoms with Gasteiger partial charge in [0.15, 0.2) is 0 Å². The topological polar surface area (TPSA) is 15.3 Å². The molecule has 1 aliphatic heterocycles. The maximum atomic E-state index is 6.30. The van der Waals surface area contributed by atoms with Crippen LogP contribution in [0.3, 0.4) is 0 Å². The van der Waals surface area contributed by atoms with E-state index in [1.165, 1.54) is 12.8 Å². The Morgan fingerprint density at radius 3 is 3.06 bits per heavy atom. The van der Waals surface area contributed by atoms with Gasteiger partial charge in [-0.2, -0.15) is 0 Å². The number of anilines is 1. The fourth-order valence-corrected chi connectivity index (χ4v) is 3.18. The summed E-state index contributed by atoms with van der Waals surface area (Å²) in [5.74, 6) is 0. The maximum Gasteiger partial charge on any atom is 0.0650 e. The van der Waals surface area contributed by atoms with E-state index in [9.17, 15) is 0 Å². The third kappa shape index (κ3) is 3.36. The minimum absolute atomic E-state index is 0.591. The molecule has 0 bridgehead atoms. The Labute approximate surface area is 116 Å². The zero-order valence-electron chi connectivity index (χ0n) is 10.0. The van der Waals surface area contributed by atoms with E-state index in [2.05, 4.69) is 45.2 Å². The Bertz CT molecular complexity index is 382. The summed E-state index contributed by atoms with van der Waals surface area (Å²) >= 11 is 9.74. The molecule has 0 spiro atoms. The van der Waals surface area contributed by atoms with E-state index in [4.69, 9.17) is 11.6 Å². The van der Waals surface area contributed by atoms with Crippen molar-refractivity contribution in [2.24, 2.45) is 0 Å². The van der Waals surface area contributed by atoms with Crippen molar-refractivity contribution in [3.63, 3.8) is 0 Å². The minimum Gasteiger partial charge on any atom is -0.369 e. The van der Waals surface area contributed by atoms with Gasteiger partial charge < -0.3 is 10.2 Å². The summed E-state index contributed by atoms with van der Waals surface area (Å²) in [4.78, 5) is 2.38. The van der Waals surface area contributed by atoms with Gasteiger partial charge in [-0.1, -0.05) is 34.5 Å². The lowest BCUT2D eigenvalue weighted by molar-refractivity contribution is 0.431. The van der Waals surface area contributed by atoms with E-state index in [-0.39, 0.29) is 0 Å². The number of hydrogen-bond acceptors (Lipinski definition) is 2. The molecule has 1 saturated heterocycles. The Morgan fingerprint density at radius 2 is 2.35 bits per heavy atom. The van der Waals surface area contributed by atoms with Crippen LogP contribution in [0.1, 0.15) is 19.8 Å². The number of nitrogens with one attached hydrogen (secondary N) is 1. The number of likely N-dealkylation sites (N-methyl/N-ethyl adjacent to an activating group) is 1. The van der Waals surface area contributed by atoms with Crippen LogP contribution in [-0.4, -0.2) is 25.7 Å². The van der Waals surface area contributed by atoms with Crippen LogP contribution in [0.2, 0.25) is 5.02 Å². The van der Waals surface area contributed by atoms with Crippen LogP contribution < -0.4 is 10.2 Å². The van der Waals surface area contributed by atoms with E-state index in [0.717, 1.165) is 34.8 Å². The second-order valence-corrected chi connectivity index (χ2v) is 5.76. The molecule has 0 aliphatic carbocycles. The van der Waals surface area contributed by atoms with Crippen molar-refractivity contribution < 1.29 is 0 Å². The average Bonchev–Trinajstić information content (AvgIpc) is 2.29. The van der Waals surface area contributed by atoms with Crippen molar-refractivity contribution in [1.29, 1.82) is 0 Å². The molecular formula is C13H18BrClN2. The second kappa shape index (κ2) is 6.07. The molecule has 1 aliphatic rings. The van der Waals surface area contributed by atoms with Gasteiger partial charge in [-0.15, -0.1) is 0 Å². The summed E-state index contributed by atoms with van der Waals surface area (Å²) in [5.41, 5.74) is 1.15. The Hall–Kier alpha value is -0.250. The van der Waals surface area contributed by atoms with E-state index in [1.54, 1.807) is 0 Å². The monoisotopic (exact) mass is 316 g/mol. The third-order valence-electron chi connectivity index (χ3n) is 3.16. The number of rotatable bonds is 3. The lowest BCUT2D eigenvalue weighted by atomic mass is 10.0. The zero-order valence-corrected chi connectivity index (χ0v) is 12.4. The van der Waals surface area contributed by atoms with Gasteiger partial charge in [-0.3, -0.25) is 0 Å². The van der Waals surface area contributed by atoms with Crippen LogP contribution in [-0.2, 0) is 0 Å². The molecule has 1 N–H and O–H groups in total. The number of piperidine rings is 1. The first-order chi connectivity index (χ1) is 8.20. The van der Waals surface area contributed by atoms with Crippen LogP contribution >= 0.6 is 27.5 Å². The lowest BCUT2D eigenvalue weighted by Crippen LogP contribution is -2.45. The summed E-state index contributed by atoms with van der Waals surface area (Å²) in [6.45, 7) is 5.34. The average molecular weight is 318 g/mol. The minimum atomic E-state index is 0.591. The van der Waals surface area contributed by atoms with Gasteiger partial charge in [0.25, 0.3) is 0 Å². The van der Waals surface area contributed by atoms with Crippen LogP contribution in [0.15, 0.2) is 22.7 Å². The van der Waals surface area contributed by atoms with E-state index in [0.29, 0.717) is 6.04 Å². The van der Waals surface area contributed by atoms with Crippen molar-refractivity contribution in [1.82, 2.24) is 5.32 Å². The molecule has 1 unspecified atom stereocenters. The largest absolute Gasteiger partial charge is 0.369 e. The van der Waals surface area contributed by atoms with Crippen LogP contribution in [0.25, 0.3) is 0 Å². The summed E-state index contributed by atoms with van der Waals surface area (Å²) in [7, 11) is 0. The van der Waals surface area contributed by atoms with Crippen molar-refractivity contribution in [3.05, 3.63) is 27.7 Å². The molecule has 0 saturated carbocycles. The molecule has 1 heterocycles. The molecule has 2 nitrogen and oxygen atoms in total. The lowest BCUT2D eigenvalue weighted by Gasteiger charge is -2.35. The van der Waals surface area contributed by atoms with Gasteiger partial charge in [0.05, 0.1) is 10.7 Å². The molecular weight excluding hydrogens is 300 g/mol. The highest BCUT2D eigenvalue weighted by molar-refractivity contribution is 9.10. The van der Waals surface area contributed by atoms with Crippen LogP contribution in [0, 0.1) is 0 Å². The number of hydrogen-bond donors (Lipinski definition) is 1. The zero-order chi connectivity index (χ0) is 12.3. The first kappa shape index (κ1) is 13.2. The fourth-order valence-electron chi connectivity index (χ4n) is 2.39. The van der Waals surface area contributed by atoms with Crippen molar-refractivity contribution in [2.75, 3.05) is 24.5 Å². The third-order valence-corrected chi connectivity index (χ3v) is 3.96. The molecule has 0 aromatic heterocycles. The quantitative estimate of drug-likeness (QED) is 0.915. The predicted molar refractivity (Wildman–Crippen MR) is 78.1 cm³/mol. The molecule has 1 fully saturated rings. The van der Waals surface area contributed by atoms with E-state index >= 15 is 0 Å². The normalized spacial score (nSPS) is 20.6. The smallest absolute Gasteiger partial charge is 0.0650 e. The van der Waals surface area contributed by atoms with E-state index in [1.807, 2.05) is 6.07 Å². The van der Waals surface area contributed by atoms with Gasteiger partial charge >= 0.3 is 0 Å². The van der Waals surface area contributed by atoms with Gasteiger partial charge in [0.2, 0.25) is 0 Å². The van der Waals surface area contributed by atoms with Crippen molar-refractivity contribution >= 4 is 33.2 Å². The molecule has 1 aromatic carbocycles. The van der Waals surface area contributed by atoms with Gasteiger partial charge in [-0.25, -0.2) is 0 Å². The van der Waals surface area contributed by atoms with E-state index < -0.39 is 0 Å². The summed E-state index contributed by atoms with van der Waals surface area (Å²) in [6, 6.07) is 6.71. The number of halogens is 2. The fraction of sp³-hybridized carbons (Fsp3) is 0.538. The standard InChI is InChI=1S/C13H18BrClN2/c1-2-16-11-4-3-7-17(9-11)13-6-5-10(14)8-12(13)15/h5-6,8,11,16H,2-4,7,9H2,1H3. The highest BCUT2D eigenvalue weighted by Crippen LogP contribution is 2.30. The van der Waals surface area contributed by atoms with Gasteiger partial charge in [-0.05, 0) is 37.6 Å². The molecule has 2 rings (SSSR count). The Balaban J connectivity index is 2.10.